The van der Waals surface area contributed by atoms with Crippen LogP contribution in [0.5, 0.6) is 0 Å². The van der Waals surface area contributed by atoms with E-state index >= 15 is 0 Å². The number of carbonyl (C=O) groups excluding carboxylic acids is 2. The summed E-state index contributed by atoms with van der Waals surface area (Å²) < 4.78 is 14.0. The molecule has 1 heterocycles. The summed E-state index contributed by atoms with van der Waals surface area (Å²) in [5.74, 6) is -1.14. The zero-order chi connectivity index (χ0) is 15.7. The highest BCUT2D eigenvalue weighted by Gasteiger charge is 2.24. The van der Waals surface area contributed by atoms with E-state index in [2.05, 4.69) is 0 Å². The Hall–Kier alpha value is -2.49. The summed E-state index contributed by atoms with van der Waals surface area (Å²) in [4.78, 5) is 25.6. The summed E-state index contributed by atoms with van der Waals surface area (Å²) in [5.41, 5.74) is 2.63. The van der Waals surface area contributed by atoms with Crippen LogP contribution in [0.4, 0.5) is 4.39 Å². The Morgan fingerprint density at radius 1 is 1.09 bits per heavy atom. The maximum absolute atomic E-state index is 14.0. The van der Waals surface area contributed by atoms with Crippen molar-refractivity contribution in [2.24, 2.45) is 0 Å². The van der Waals surface area contributed by atoms with Crippen molar-refractivity contribution in [1.29, 1.82) is 0 Å². The lowest BCUT2D eigenvalue weighted by molar-refractivity contribution is 0.0730. The van der Waals surface area contributed by atoms with Crippen LogP contribution in [0.3, 0.4) is 0 Å². The second kappa shape index (κ2) is 5.72. The van der Waals surface area contributed by atoms with Crippen LogP contribution in [0, 0.1) is 5.82 Å². The number of nitrogens with zero attached hydrogens (tertiary/aromatic N) is 1. The smallest absolute Gasteiger partial charge is 0.257 e. The number of carbonyl (C=O) groups is 2. The maximum Gasteiger partial charge on any atom is 0.257 e. The molecule has 4 heteroatoms. The zero-order valence-corrected chi connectivity index (χ0v) is 12.3. The van der Waals surface area contributed by atoms with Gasteiger partial charge in [0.1, 0.15) is 5.82 Å². The van der Waals surface area contributed by atoms with Gasteiger partial charge in [0.25, 0.3) is 5.91 Å². The number of hydrogen-bond acceptors (Lipinski definition) is 2. The molecular weight excluding hydrogens is 281 g/mol. The quantitative estimate of drug-likeness (QED) is 0.798. The minimum Gasteiger partial charge on any atom is -0.334 e. The Kier molecular flexibility index (Phi) is 3.75. The van der Waals surface area contributed by atoms with Crippen molar-refractivity contribution in [3.63, 3.8) is 0 Å². The number of amides is 1. The predicted octanol–water partition coefficient (Wildman–Crippen LogP) is 3.23. The van der Waals surface area contributed by atoms with Crippen LogP contribution in [-0.4, -0.2) is 23.1 Å². The van der Waals surface area contributed by atoms with Gasteiger partial charge in [0.15, 0.2) is 5.78 Å². The molecule has 3 rings (SSSR count). The van der Waals surface area contributed by atoms with Gasteiger partial charge < -0.3 is 4.90 Å². The van der Waals surface area contributed by atoms with E-state index in [0.29, 0.717) is 18.7 Å². The number of rotatable bonds is 2. The van der Waals surface area contributed by atoms with Crippen LogP contribution in [0.2, 0.25) is 0 Å². The molecule has 0 saturated carbocycles. The fraction of sp³-hybridized carbons (Fsp3) is 0.222. The first-order chi connectivity index (χ1) is 10.6. The van der Waals surface area contributed by atoms with Crippen LogP contribution in [0.1, 0.15) is 38.8 Å². The monoisotopic (exact) mass is 297 g/mol. The van der Waals surface area contributed by atoms with Crippen molar-refractivity contribution >= 4 is 11.7 Å². The van der Waals surface area contributed by atoms with Gasteiger partial charge in [0.2, 0.25) is 0 Å². The topological polar surface area (TPSA) is 37.4 Å². The van der Waals surface area contributed by atoms with E-state index in [4.69, 9.17) is 0 Å². The molecule has 0 N–H and O–H groups in total. The van der Waals surface area contributed by atoms with E-state index in [-0.39, 0.29) is 17.3 Å². The van der Waals surface area contributed by atoms with Crippen molar-refractivity contribution in [2.75, 3.05) is 6.54 Å². The summed E-state index contributed by atoms with van der Waals surface area (Å²) >= 11 is 0. The molecule has 0 aromatic heterocycles. The van der Waals surface area contributed by atoms with Gasteiger partial charge in [-0.2, -0.15) is 0 Å². The molecule has 0 fully saturated rings. The van der Waals surface area contributed by atoms with Crippen molar-refractivity contribution in [1.82, 2.24) is 4.90 Å². The first kappa shape index (κ1) is 14.4. The van der Waals surface area contributed by atoms with Gasteiger partial charge in [-0.3, -0.25) is 9.59 Å². The number of ketones is 1. The zero-order valence-electron chi connectivity index (χ0n) is 12.3. The lowest BCUT2D eigenvalue weighted by Crippen LogP contribution is -2.36. The molecule has 22 heavy (non-hydrogen) atoms. The third kappa shape index (κ3) is 2.64. The Bertz CT molecular complexity index is 755. The van der Waals surface area contributed by atoms with Crippen LogP contribution in [0.15, 0.2) is 42.5 Å². The van der Waals surface area contributed by atoms with Crippen LogP contribution in [-0.2, 0) is 13.0 Å². The Morgan fingerprint density at radius 3 is 2.55 bits per heavy atom. The Labute approximate surface area is 128 Å². The summed E-state index contributed by atoms with van der Waals surface area (Å²) in [6, 6.07) is 11.9. The standard InChI is InChI=1S/C18H16FNO2/c1-12(21)14-6-7-17(19)16(10-14)18(22)20-9-8-13-4-2-3-5-15(13)11-20/h2-7,10H,8-9,11H2,1H3. The van der Waals surface area contributed by atoms with Gasteiger partial charge in [0.05, 0.1) is 5.56 Å². The molecule has 1 aliphatic heterocycles. The highest BCUT2D eigenvalue weighted by atomic mass is 19.1. The Balaban J connectivity index is 1.89. The average Bonchev–Trinajstić information content (AvgIpc) is 2.54. The fourth-order valence-electron chi connectivity index (χ4n) is 2.75. The van der Waals surface area contributed by atoms with Crippen LogP contribution in [0.25, 0.3) is 0 Å². The summed E-state index contributed by atoms with van der Waals surface area (Å²) in [5, 5.41) is 0. The molecule has 0 bridgehead atoms. The lowest BCUT2D eigenvalue weighted by Gasteiger charge is -2.29. The van der Waals surface area contributed by atoms with Gasteiger partial charge >= 0.3 is 0 Å². The minimum atomic E-state index is -0.589. The van der Waals surface area contributed by atoms with E-state index in [1.807, 2.05) is 24.3 Å². The molecule has 112 valence electrons. The SMILES string of the molecule is CC(=O)c1ccc(F)c(C(=O)N2CCc3ccccc3C2)c1. The molecular formula is C18H16FNO2. The number of halogens is 1. The van der Waals surface area contributed by atoms with Gasteiger partial charge in [-0.25, -0.2) is 4.39 Å². The first-order valence-corrected chi connectivity index (χ1v) is 7.23. The lowest BCUT2D eigenvalue weighted by atomic mass is 9.99. The molecule has 1 amide bonds. The van der Waals surface area contributed by atoms with Crippen molar-refractivity contribution in [2.45, 2.75) is 19.9 Å². The molecule has 0 radical (unpaired) electrons. The largest absolute Gasteiger partial charge is 0.334 e. The van der Waals surface area contributed by atoms with Gasteiger partial charge in [-0.1, -0.05) is 24.3 Å². The molecule has 0 spiro atoms. The predicted molar refractivity (Wildman–Crippen MR) is 81.3 cm³/mol. The summed E-state index contributed by atoms with van der Waals surface area (Å²) in [7, 11) is 0. The van der Waals surface area contributed by atoms with E-state index in [0.717, 1.165) is 12.0 Å². The fourth-order valence-corrected chi connectivity index (χ4v) is 2.75. The van der Waals surface area contributed by atoms with Crippen LogP contribution >= 0.6 is 0 Å². The highest BCUT2D eigenvalue weighted by molar-refractivity contribution is 5.99. The molecule has 0 saturated heterocycles. The molecule has 0 aliphatic carbocycles. The third-order valence-corrected chi connectivity index (χ3v) is 4.02. The van der Waals surface area contributed by atoms with Gasteiger partial charge in [-0.05, 0) is 42.7 Å². The highest BCUT2D eigenvalue weighted by Crippen LogP contribution is 2.21. The Morgan fingerprint density at radius 2 is 1.82 bits per heavy atom. The first-order valence-electron chi connectivity index (χ1n) is 7.23. The van der Waals surface area contributed by atoms with E-state index < -0.39 is 5.82 Å². The summed E-state index contributed by atoms with van der Waals surface area (Å²) in [6.45, 7) is 2.43. The maximum atomic E-state index is 14.0. The molecule has 2 aromatic rings. The average molecular weight is 297 g/mol. The van der Waals surface area contributed by atoms with Gasteiger partial charge in [-0.15, -0.1) is 0 Å². The van der Waals surface area contributed by atoms with Crippen molar-refractivity contribution in [3.8, 4) is 0 Å². The van der Waals surface area contributed by atoms with Crippen LogP contribution < -0.4 is 0 Å². The van der Waals surface area contributed by atoms with Crippen molar-refractivity contribution < 1.29 is 14.0 Å². The summed E-state index contributed by atoms with van der Waals surface area (Å²) in [6.07, 6.45) is 0.760. The minimum absolute atomic E-state index is 0.0351. The molecule has 0 atom stereocenters. The second-order valence-electron chi connectivity index (χ2n) is 5.50. The van der Waals surface area contributed by atoms with E-state index in [1.54, 1.807) is 4.90 Å². The van der Waals surface area contributed by atoms with E-state index in [9.17, 15) is 14.0 Å². The van der Waals surface area contributed by atoms with Gasteiger partial charge in [0, 0.05) is 18.7 Å². The molecule has 1 aliphatic rings. The normalized spacial score (nSPS) is 13.6. The van der Waals surface area contributed by atoms with Crippen molar-refractivity contribution in [3.05, 3.63) is 70.5 Å². The van der Waals surface area contributed by atoms with E-state index in [1.165, 1.54) is 30.7 Å². The molecule has 3 nitrogen and oxygen atoms in total. The molecule has 0 unspecified atom stereocenters. The third-order valence-electron chi connectivity index (χ3n) is 4.02. The molecule has 2 aromatic carbocycles. The number of benzene rings is 2. The number of Topliss-reactive ketones (excluding diaryl/α,β-unsaturated/α-hetero) is 1. The number of fused-ring (bicyclic) bond motifs is 1. The second-order valence-corrected chi connectivity index (χ2v) is 5.50. The number of hydrogen-bond donors (Lipinski definition) is 0.